The van der Waals surface area contributed by atoms with Crippen LogP contribution in [-0.2, 0) is 16.1 Å². The number of benzene rings is 1. The predicted octanol–water partition coefficient (Wildman–Crippen LogP) is 2.76. The van der Waals surface area contributed by atoms with Crippen LogP contribution in [0.5, 0.6) is 0 Å². The van der Waals surface area contributed by atoms with Gasteiger partial charge in [-0.1, -0.05) is 35.3 Å². The fraction of sp³-hybridized carbons (Fsp3) is 0.273. The van der Waals surface area contributed by atoms with Crippen molar-refractivity contribution in [1.29, 1.82) is 0 Å². The lowest BCUT2D eigenvalue weighted by Crippen LogP contribution is -2.30. The second-order valence-corrected chi connectivity index (χ2v) is 4.31. The van der Waals surface area contributed by atoms with Gasteiger partial charge in [0, 0.05) is 12.7 Å². The van der Waals surface area contributed by atoms with Crippen molar-refractivity contribution in [3.05, 3.63) is 36.9 Å². The highest BCUT2D eigenvalue weighted by molar-refractivity contribution is 6.54. The quantitative estimate of drug-likeness (QED) is 0.780. The van der Waals surface area contributed by atoms with Crippen LogP contribution in [0.1, 0.15) is 5.56 Å². The zero-order valence-corrected chi connectivity index (χ0v) is 10.3. The average molecular weight is 261 g/mol. The number of hydrogen-bond acceptors (Lipinski definition) is 2. The van der Waals surface area contributed by atoms with Gasteiger partial charge in [0.15, 0.2) is 4.84 Å². The molecular formula is C11H12Cl2NO2. The zero-order chi connectivity index (χ0) is 12.1. The summed E-state index contributed by atoms with van der Waals surface area (Å²) in [6.07, 6.45) is 0. The largest absolute Gasteiger partial charge is 0.374 e. The Balaban J connectivity index is 2.77. The Morgan fingerprint density at radius 1 is 1.44 bits per heavy atom. The second kappa shape index (κ2) is 6.09. The van der Waals surface area contributed by atoms with Gasteiger partial charge in [-0.15, -0.1) is 0 Å². The van der Waals surface area contributed by atoms with Crippen LogP contribution in [0.15, 0.2) is 24.3 Å². The van der Waals surface area contributed by atoms with E-state index in [0.29, 0.717) is 6.61 Å². The van der Waals surface area contributed by atoms with Gasteiger partial charge in [-0.05, 0) is 17.7 Å². The summed E-state index contributed by atoms with van der Waals surface area (Å²) < 4.78 is 4.74. The SMILES string of the molecule is [CH2]OCc1ccc(N(C)C(=O)C(Cl)Cl)cc1. The summed E-state index contributed by atoms with van der Waals surface area (Å²) in [6.45, 7) is 0.436. The van der Waals surface area contributed by atoms with Crippen molar-refractivity contribution >= 4 is 34.8 Å². The van der Waals surface area contributed by atoms with Crippen LogP contribution in [0.4, 0.5) is 5.69 Å². The minimum Gasteiger partial charge on any atom is -0.374 e. The summed E-state index contributed by atoms with van der Waals surface area (Å²) in [5.41, 5.74) is 1.71. The Labute approximate surface area is 105 Å². The molecular weight excluding hydrogens is 249 g/mol. The number of ether oxygens (including phenoxy) is 1. The first kappa shape index (κ1) is 13.3. The Bertz CT molecular complexity index is 352. The fourth-order valence-electron chi connectivity index (χ4n) is 1.21. The molecule has 0 fully saturated rings. The number of nitrogens with zero attached hydrogens (tertiary/aromatic N) is 1. The van der Waals surface area contributed by atoms with Crippen LogP contribution in [0, 0.1) is 7.11 Å². The third-order valence-electron chi connectivity index (χ3n) is 2.11. The van der Waals surface area contributed by atoms with Gasteiger partial charge in [0.05, 0.1) is 13.7 Å². The summed E-state index contributed by atoms with van der Waals surface area (Å²) in [7, 11) is 4.91. The van der Waals surface area contributed by atoms with Crippen LogP contribution in [0.2, 0.25) is 0 Å². The van der Waals surface area contributed by atoms with E-state index in [1.54, 1.807) is 19.2 Å². The van der Waals surface area contributed by atoms with Crippen molar-refractivity contribution in [3.63, 3.8) is 0 Å². The normalized spacial score (nSPS) is 10.6. The molecule has 0 bridgehead atoms. The number of hydrogen-bond donors (Lipinski definition) is 0. The Morgan fingerprint density at radius 3 is 2.44 bits per heavy atom. The van der Waals surface area contributed by atoms with E-state index in [2.05, 4.69) is 7.11 Å². The lowest BCUT2D eigenvalue weighted by atomic mass is 10.2. The van der Waals surface area contributed by atoms with Crippen LogP contribution < -0.4 is 4.90 Å². The van der Waals surface area contributed by atoms with Crippen molar-refractivity contribution in [3.8, 4) is 0 Å². The summed E-state index contributed by atoms with van der Waals surface area (Å²) in [5.74, 6) is -0.357. The maximum absolute atomic E-state index is 11.5. The molecule has 0 spiro atoms. The molecule has 1 rings (SSSR count). The molecule has 87 valence electrons. The molecule has 0 aliphatic carbocycles. The molecule has 0 unspecified atom stereocenters. The standard InChI is InChI=1S/C11H12Cl2NO2/c1-14(11(15)10(12)13)9-5-3-8(4-6-9)7-16-2/h3-6,10H,2,7H2,1H3. The molecule has 0 saturated carbocycles. The van der Waals surface area contributed by atoms with Gasteiger partial charge in [0.1, 0.15) is 0 Å². The summed E-state index contributed by atoms with van der Waals surface area (Å²) in [6, 6.07) is 7.29. The molecule has 16 heavy (non-hydrogen) atoms. The van der Waals surface area contributed by atoms with Crippen molar-refractivity contribution in [2.75, 3.05) is 11.9 Å². The minimum atomic E-state index is -1.05. The van der Waals surface area contributed by atoms with Gasteiger partial charge >= 0.3 is 0 Å². The van der Waals surface area contributed by atoms with E-state index in [-0.39, 0.29) is 5.91 Å². The van der Waals surface area contributed by atoms with E-state index in [0.717, 1.165) is 11.3 Å². The molecule has 5 heteroatoms. The number of anilines is 1. The number of halogens is 2. The van der Waals surface area contributed by atoms with Crippen molar-refractivity contribution in [1.82, 2.24) is 0 Å². The van der Waals surface area contributed by atoms with Crippen LogP contribution in [0.25, 0.3) is 0 Å². The summed E-state index contributed by atoms with van der Waals surface area (Å²) in [5, 5.41) is 0. The van der Waals surface area contributed by atoms with Gasteiger partial charge in [0.2, 0.25) is 0 Å². The lowest BCUT2D eigenvalue weighted by molar-refractivity contribution is -0.116. The Kier molecular flexibility index (Phi) is 5.06. The molecule has 0 heterocycles. The predicted molar refractivity (Wildman–Crippen MR) is 65.5 cm³/mol. The van der Waals surface area contributed by atoms with Crippen LogP contribution in [-0.4, -0.2) is 17.8 Å². The number of rotatable bonds is 4. The first-order chi connectivity index (χ1) is 7.56. The molecule has 0 aliphatic heterocycles. The summed E-state index contributed by atoms with van der Waals surface area (Å²) in [4.78, 5) is 11.8. The molecule has 1 radical (unpaired) electrons. The van der Waals surface area contributed by atoms with E-state index in [4.69, 9.17) is 27.9 Å². The van der Waals surface area contributed by atoms with E-state index < -0.39 is 4.84 Å². The van der Waals surface area contributed by atoms with E-state index in [1.807, 2.05) is 12.1 Å². The number of amides is 1. The smallest absolute Gasteiger partial charge is 0.260 e. The summed E-state index contributed by atoms with van der Waals surface area (Å²) >= 11 is 11.0. The molecule has 0 N–H and O–H groups in total. The van der Waals surface area contributed by atoms with Crippen LogP contribution in [0.3, 0.4) is 0 Å². The molecule has 3 nitrogen and oxygen atoms in total. The monoisotopic (exact) mass is 260 g/mol. The Morgan fingerprint density at radius 2 is 2.00 bits per heavy atom. The molecule has 0 aromatic heterocycles. The minimum absolute atomic E-state index is 0.357. The number of carbonyl (C=O) groups excluding carboxylic acids is 1. The third kappa shape index (κ3) is 3.37. The molecule has 1 aromatic rings. The first-order valence-corrected chi connectivity index (χ1v) is 5.45. The zero-order valence-electron chi connectivity index (χ0n) is 8.82. The molecule has 1 amide bonds. The average Bonchev–Trinajstić information content (AvgIpc) is 2.28. The second-order valence-electron chi connectivity index (χ2n) is 3.21. The molecule has 1 aromatic carbocycles. The maximum atomic E-state index is 11.5. The number of carbonyl (C=O) groups is 1. The van der Waals surface area contributed by atoms with Gasteiger partial charge in [-0.3, -0.25) is 4.79 Å². The van der Waals surface area contributed by atoms with E-state index in [1.165, 1.54) is 4.90 Å². The van der Waals surface area contributed by atoms with Crippen molar-refractivity contribution in [2.45, 2.75) is 11.4 Å². The van der Waals surface area contributed by atoms with Crippen molar-refractivity contribution in [2.24, 2.45) is 0 Å². The fourth-order valence-corrected chi connectivity index (χ4v) is 1.50. The highest BCUT2D eigenvalue weighted by atomic mass is 35.5. The molecule has 0 saturated heterocycles. The third-order valence-corrected chi connectivity index (χ3v) is 2.48. The van der Waals surface area contributed by atoms with Crippen LogP contribution >= 0.6 is 23.2 Å². The van der Waals surface area contributed by atoms with Crippen molar-refractivity contribution < 1.29 is 9.53 Å². The molecule has 0 aliphatic rings. The topological polar surface area (TPSA) is 29.5 Å². The van der Waals surface area contributed by atoms with Gasteiger partial charge in [-0.2, -0.15) is 0 Å². The lowest BCUT2D eigenvalue weighted by Gasteiger charge is -2.18. The molecule has 0 atom stereocenters. The van der Waals surface area contributed by atoms with E-state index in [9.17, 15) is 4.79 Å². The first-order valence-electron chi connectivity index (χ1n) is 4.58. The number of alkyl halides is 2. The highest BCUT2D eigenvalue weighted by Gasteiger charge is 2.17. The van der Waals surface area contributed by atoms with Gasteiger partial charge < -0.3 is 9.64 Å². The van der Waals surface area contributed by atoms with Gasteiger partial charge in [-0.25, -0.2) is 0 Å². The van der Waals surface area contributed by atoms with Gasteiger partial charge in [0.25, 0.3) is 5.91 Å². The highest BCUT2D eigenvalue weighted by Crippen LogP contribution is 2.17. The van der Waals surface area contributed by atoms with E-state index >= 15 is 0 Å². The maximum Gasteiger partial charge on any atom is 0.260 e. The Hall–Kier alpha value is -0.770.